The van der Waals surface area contributed by atoms with Gasteiger partial charge in [0, 0.05) is 12.6 Å². The molecule has 1 atom stereocenters. The monoisotopic (exact) mass is 210 g/mol. The summed E-state index contributed by atoms with van der Waals surface area (Å²) >= 11 is 0. The Kier molecular flexibility index (Phi) is 4.75. The summed E-state index contributed by atoms with van der Waals surface area (Å²) in [6.07, 6.45) is 2.46. The molecule has 0 spiro atoms. The van der Waals surface area contributed by atoms with Crippen LogP contribution in [0.3, 0.4) is 0 Å². The zero-order valence-corrected chi connectivity index (χ0v) is 10.2. The smallest absolute Gasteiger partial charge is 0.147 e. The Morgan fingerprint density at radius 3 is 2.67 bits per heavy atom. The van der Waals surface area contributed by atoms with E-state index in [1.165, 1.54) is 12.8 Å². The van der Waals surface area contributed by atoms with Gasteiger partial charge in [-0.05, 0) is 27.2 Å². The Bertz CT molecular complexity index is 293. The maximum Gasteiger partial charge on any atom is 0.147 e. The van der Waals surface area contributed by atoms with Crippen LogP contribution in [0.25, 0.3) is 0 Å². The molecule has 0 aliphatic rings. The highest BCUT2D eigenvalue weighted by Crippen LogP contribution is 1.97. The van der Waals surface area contributed by atoms with Gasteiger partial charge in [0.25, 0.3) is 0 Å². The summed E-state index contributed by atoms with van der Waals surface area (Å²) < 4.78 is 1.96. The quantitative estimate of drug-likeness (QED) is 0.776. The first-order valence-corrected chi connectivity index (χ1v) is 5.75. The summed E-state index contributed by atoms with van der Waals surface area (Å²) in [4.78, 5) is 4.27. The molecule has 1 rings (SSSR count). The summed E-state index contributed by atoms with van der Waals surface area (Å²) in [6.45, 7) is 10.2. The molecule has 1 N–H and O–H groups in total. The molecule has 0 aliphatic carbocycles. The van der Waals surface area contributed by atoms with Crippen molar-refractivity contribution >= 4 is 0 Å². The highest BCUT2D eigenvalue weighted by molar-refractivity contribution is 4.87. The van der Waals surface area contributed by atoms with Gasteiger partial charge < -0.3 is 5.32 Å². The van der Waals surface area contributed by atoms with E-state index in [1.54, 1.807) is 0 Å². The van der Waals surface area contributed by atoms with Crippen LogP contribution in [-0.4, -0.2) is 27.4 Å². The van der Waals surface area contributed by atoms with Gasteiger partial charge in [0.15, 0.2) is 0 Å². The van der Waals surface area contributed by atoms with E-state index in [4.69, 9.17) is 0 Å². The van der Waals surface area contributed by atoms with E-state index in [0.717, 1.165) is 24.7 Å². The lowest BCUT2D eigenvalue weighted by atomic mass is 10.2. The van der Waals surface area contributed by atoms with E-state index in [1.807, 2.05) is 18.5 Å². The van der Waals surface area contributed by atoms with Gasteiger partial charge in [0.05, 0.1) is 6.54 Å². The van der Waals surface area contributed by atoms with Crippen molar-refractivity contribution in [3.63, 3.8) is 0 Å². The van der Waals surface area contributed by atoms with Gasteiger partial charge in [0.1, 0.15) is 11.6 Å². The first-order valence-electron chi connectivity index (χ1n) is 5.75. The third-order valence-electron chi connectivity index (χ3n) is 2.50. The molecule has 15 heavy (non-hydrogen) atoms. The lowest BCUT2D eigenvalue weighted by Crippen LogP contribution is -2.29. The number of aryl methyl sites for hydroxylation is 2. The van der Waals surface area contributed by atoms with Gasteiger partial charge in [-0.25, -0.2) is 9.67 Å². The predicted octanol–water partition coefficient (Wildman–Crippen LogP) is 1.67. The summed E-state index contributed by atoms with van der Waals surface area (Å²) in [7, 11) is 0. The molecule has 4 heteroatoms. The van der Waals surface area contributed by atoms with Gasteiger partial charge >= 0.3 is 0 Å². The van der Waals surface area contributed by atoms with Gasteiger partial charge in [-0.3, -0.25) is 0 Å². The van der Waals surface area contributed by atoms with Crippen molar-refractivity contribution in [2.45, 2.75) is 53.1 Å². The van der Waals surface area contributed by atoms with Crippen molar-refractivity contribution < 1.29 is 0 Å². The fourth-order valence-corrected chi connectivity index (χ4v) is 1.73. The maximum atomic E-state index is 4.32. The highest BCUT2D eigenvalue weighted by Gasteiger charge is 2.03. The SMILES string of the molecule is CCCC(C)NCCn1nc(C)nc1C. The minimum absolute atomic E-state index is 0.597. The van der Waals surface area contributed by atoms with Crippen LogP contribution in [0.2, 0.25) is 0 Å². The molecule has 0 radical (unpaired) electrons. The molecule has 1 heterocycles. The average Bonchev–Trinajstić information content (AvgIpc) is 2.46. The van der Waals surface area contributed by atoms with Crippen LogP contribution in [0.4, 0.5) is 0 Å². The lowest BCUT2D eigenvalue weighted by molar-refractivity contribution is 0.467. The molecule has 1 aromatic heterocycles. The van der Waals surface area contributed by atoms with E-state index in [2.05, 4.69) is 29.2 Å². The van der Waals surface area contributed by atoms with Crippen LogP contribution in [0.1, 0.15) is 38.3 Å². The third-order valence-corrected chi connectivity index (χ3v) is 2.50. The standard InChI is InChI=1S/C11H22N4/c1-5-6-9(2)12-7-8-15-11(4)13-10(3)14-15/h9,12H,5-8H2,1-4H3. The molecule has 0 bridgehead atoms. The van der Waals surface area contributed by atoms with Gasteiger partial charge in [-0.15, -0.1) is 0 Å². The Labute approximate surface area is 92.1 Å². The zero-order chi connectivity index (χ0) is 11.3. The molecule has 0 aromatic carbocycles. The molecule has 1 aromatic rings. The molecule has 1 unspecified atom stereocenters. The van der Waals surface area contributed by atoms with Crippen molar-refractivity contribution in [1.29, 1.82) is 0 Å². The summed E-state index contributed by atoms with van der Waals surface area (Å²) in [5.41, 5.74) is 0. The van der Waals surface area contributed by atoms with Crippen molar-refractivity contribution in [2.24, 2.45) is 0 Å². The maximum absolute atomic E-state index is 4.32. The van der Waals surface area contributed by atoms with Gasteiger partial charge in [0.2, 0.25) is 0 Å². The van der Waals surface area contributed by atoms with Crippen molar-refractivity contribution in [3.05, 3.63) is 11.6 Å². The molecule has 0 saturated heterocycles. The van der Waals surface area contributed by atoms with Gasteiger partial charge in [-0.2, -0.15) is 5.10 Å². The number of nitrogens with zero attached hydrogens (tertiary/aromatic N) is 3. The third kappa shape index (κ3) is 4.00. The fraction of sp³-hybridized carbons (Fsp3) is 0.818. The van der Waals surface area contributed by atoms with E-state index in [9.17, 15) is 0 Å². The molecular weight excluding hydrogens is 188 g/mol. The Morgan fingerprint density at radius 1 is 1.40 bits per heavy atom. The molecule has 0 saturated carbocycles. The second-order valence-corrected chi connectivity index (χ2v) is 4.07. The van der Waals surface area contributed by atoms with E-state index >= 15 is 0 Å². The number of hydrogen-bond donors (Lipinski definition) is 1. The van der Waals surface area contributed by atoms with Crippen LogP contribution in [0, 0.1) is 13.8 Å². The number of nitrogens with one attached hydrogen (secondary N) is 1. The van der Waals surface area contributed by atoms with Crippen LogP contribution in [0.15, 0.2) is 0 Å². The van der Waals surface area contributed by atoms with Crippen molar-refractivity contribution in [3.8, 4) is 0 Å². The van der Waals surface area contributed by atoms with Crippen molar-refractivity contribution in [1.82, 2.24) is 20.1 Å². The summed E-state index contributed by atoms with van der Waals surface area (Å²) in [6, 6.07) is 0.597. The number of hydrogen-bond acceptors (Lipinski definition) is 3. The first kappa shape index (κ1) is 12.2. The van der Waals surface area contributed by atoms with Crippen molar-refractivity contribution in [2.75, 3.05) is 6.54 Å². The highest BCUT2D eigenvalue weighted by atomic mass is 15.3. The van der Waals surface area contributed by atoms with Crippen LogP contribution in [-0.2, 0) is 6.54 Å². The zero-order valence-electron chi connectivity index (χ0n) is 10.2. The van der Waals surface area contributed by atoms with Crippen LogP contribution in [0.5, 0.6) is 0 Å². The number of rotatable bonds is 6. The second kappa shape index (κ2) is 5.85. The number of aromatic nitrogens is 3. The normalized spacial score (nSPS) is 13.1. The Morgan fingerprint density at radius 2 is 2.13 bits per heavy atom. The summed E-state index contributed by atoms with van der Waals surface area (Å²) in [5.74, 6) is 1.85. The molecule has 0 amide bonds. The predicted molar refractivity (Wildman–Crippen MR) is 61.9 cm³/mol. The summed E-state index contributed by atoms with van der Waals surface area (Å²) in [5, 5.41) is 7.80. The topological polar surface area (TPSA) is 42.7 Å². The average molecular weight is 210 g/mol. The first-order chi connectivity index (χ1) is 7.13. The Hall–Kier alpha value is -0.900. The minimum atomic E-state index is 0.597. The van der Waals surface area contributed by atoms with E-state index < -0.39 is 0 Å². The Balaban J connectivity index is 2.28. The van der Waals surface area contributed by atoms with Crippen LogP contribution < -0.4 is 5.32 Å². The van der Waals surface area contributed by atoms with E-state index in [-0.39, 0.29) is 0 Å². The minimum Gasteiger partial charge on any atom is -0.312 e. The van der Waals surface area contributed by atoms with Gasteiger partial charge in [-0.1, -0.05) is 13.3 Å². The molecular formula is C11H22N4. The molecule has 0 fully saturated rings. The lowest BCUT2D eigenvalue weighted by Gasteiger charge is -2.12. The molecule has 4 nitrogen and oxygen atoms in total. The van der Waals surface area contributed by atoms with Crippen LogP contribution >= 0.6 is 0 Å². The largest absolute Gasteiger partial charge is 0.312 e. The second-order valence-electron chi connectivity index (χ2n) is 4.07. The van der Waals surface area contributed by atoms with E-state index in [0.29, 0.717) is 6.04 Å². The molecule has 86 valence electrons. The fourth-order valence-electron chi connectivity index (χ4n) is 1.73. The molecule has 0 aliphatic heterocycles.